The van der Waals surface area contributed by atoms with Crippen molar-refractivity contribution in [2.45, 2.75) is 44.3 Å². The van der Waals surface area contributed by atoms with Gasteiger partial charge in [0.15, 0.2) is 11.5 Å². The van der Waals surface area contributed by atoms with Crippen LogP contribution in [-0.4, -0.2) is 25.3 Å². The summed E-state index contributed by atoms with van der Waals surface area (Å²) in [6.07, 6.45) is 4.94. The van der Waals surface area contributed by atoms with Crippen molar-refractivity contribution < 1.29 is 19.0 Å². The molecule has 1 aliphatic heterocycles. The molecule has 1 saturated carbocycles. The van der Waals surface area contributed by atoms with E-state index < -0.39 is 6.10 Å². The minimum Gasteiger partial charge on any atom is -0.482 e. The van der Waals surface area contributed by atoms with Gasteiger partial charge in [-0.1, -0.05) is 31.4 Å². The van der Waals surface area contributed by atoms with Crippen LogP contribution < -0.4 is 9.47 Å². The predicted molar refractivity (Wildman–Crippen MR) is 73.9 cm³/mol. The summed E-state index contributed by atoms with van der Waals surface area (Å²) in [5.74, 6) is 1.36. The zero-order valence-electron chi connectivity index (χ0n) is 11.7. The van der Waals surface area contributed by atoms with Crippen LogP contribution in [0.15, 0.2) is 24.3 Å². The van der Waals surface area contributed by atoms with Crippen LogP contribution >= 0.6 is 0 Å². The molecular weight excluding hydrogens is 256 g/mol. The van der Waals surface area contributed by atoms with Crippen LogP contribution in [-0.2, 0) is 9.53 Å². The Morgan fingerprint density at radius 1 is 1.10 bits per heavy atom. The zero-order valence-corrected chi connectivity index (χ0v) is 11.7. The Kier molecular flexibility index (Phi) is 3.81. The minimum absolute atomic E-state index is 0.238. The van der Waals surface area contributed by atoms with E-state index in [0.29, 0.717) is 11.7 Å². The van der Waals surface area contributed by atoms with E-state index in [-0.39, 0.29) is 12.1 Å². The Hall–Kier alpha value is -1.71. The Morgan fingerprint density at radius 2 is 1.75 bits per heavy atom. The van der Waals surface area contributed by atoms with Crippen LogP contribution in [0.1, 0.15) is 32.1 Å². The summed E-state index contributed by atoms with van der Waals surface area (Å²) >= 11 is 0. The minimum atomic E-state index is -0.655. The lowest BCUT2D eigenvalue weighted by atomic mass is 9.83. The molecule has 1 aliphatic carbocycles. The topological polar surface area (TPSA) is 44.8 Å². The fourth-order valence-electron chi connectivity index (χ4n) is 3.16. The monoisotopic (exact) mass is 276 g/mol. The first kappa shape index (κ1) is 13.3. The third-order valence-electron chi connectivity index (χ3n) is 4.21. The zero-order chi connectivity index (χ0) is 13.9. The number of para-hydroxylation sites is 2. The largest absolute Gasteiger partial charge is 0.482 e. The number of hydrogen-bond acceptors (Lipinski definition) is 4. The average molecular weight is 276 g/mol. The number of benzene rings is 1. The molecule has 1 aromatic carbocycles. The van der Waals surface area contributed by atoms with Gasteiger partial charge >= 0.3 is 5.97 Å². The second-order valence-corrected chi connectivity index (χ2v) is 5.49. The molecule has 1 heterocycles. The van der Waals surface area contributed by atoms with E-state index in [9.17, 15) is 4.79 Å². The van der Waals surface area contributed by atoms with Crippen molar-refractivity contribution in [2.75, 3.05) is 7.11 Å². The molecule has 0 bridgehead atoms. The Labute approximate surface area is 119 Å². The molecule has 2 atom stereocenters. The van der Waals surface area contributed by atoms with Gasteiger partial charge in [0.25, 0.3) is 0 Å². The van der Waals surface area contributed by atoms with Gasteiger partial charge < -0.3 is 14.2 Å². The van der Waals surface area contributed by atoms with E-state index in [1.807, 2.05) is 24.3 Å². The summed E-state index contributed by atoms with van der Waals surface area (Å²) in [5, 5.41) is 0. The van der Waals surface area contributed by atoms with Gasteiger partial charge in [-0.2, -0.15) is 0 Å². The third-order valence-corrected chi connectivity index (χ3v) is 4.21. The molecular formula is C16H20O4. The first-order chi connectivity index (χ1) is 9.79. The van der Waals surface area contributed by atoms with Gasteiger partial charge in [0.05, 0.1) is 7.11 Å². The fourth-order valence-corrected chi connectivity index (χ4v) is 3.16. The Balaban J connectivity index is 1.87. The number of hydrogen-bond donors (Lipinski definition) is 0. The highest BCUT2D eigenvalue weighted by molar-refractivity contribution is 5.76. The smallest absolute Gasteiger partial charge is 0.351 e. The maximum atomic E-state index is 12.0. The number of carbonyl (C=O) groups excluding carboxylic acids is 1. The first-order valence-corrected chi connectivity index (χ1v) is 7.30. The summed E-state index contributed by atoms with van der Waals surface area (Å²) in [6, 6.07) is 7.50. The van der Waals surface area contributed by atoms with Crippen LogP contribution in [0, 0.1) is 5.92 Å². The van der Waals surface area contributed by atoms with Crippen molar-refractivity contribution in [3.63, 3.8) is 0 Å². The third kappa shape index (κ3) is 2.47. The maximum absolute atomic E-state index is 12.0. The summed E-state index contributed by atoms with van der Waals surface area (Å²) in [6.45, 7) is 0. The fraction of sp³-hybridized carbons (Fsp3) is 0.562. The number of fused-ring (bicyclic) bond motifs is 1. The Morgan fingerprint density at radius 3 is 2.40 bits per heavy atom. The van der Waals surface area contributed by atoms with Crippen molar-refractivity contribution >= 4 is 5.97 Å². The van der Waals surface area contributed by atoms with E-state index in [0.717, 1.165) is 18.6 Å². The molecule has 0 saturated heterocycles. The molecule has 2 aliphatic rings. The van der Waals surface area contributed by atoms with Gasteiger partial charge in [-0.05, 0) is 25.0 Å². The Bertz CT molecular complexity index is 479. The highest BCUT2D eigenvalue weighted by atomic mass is 16.6. The van der Waals surface area contributed by atoms with Gasteiger partial charge in [-0.25, -0.2) is 4.79 Å². The lowest BCUT2D eigenvalue weighted by Crippen LogP contribution is -2.50. The van der Waals surface area contributed by atoms with Crippen molar-refractivity contribution in [2.24, 2.45) is 5.92 Å². The molecule has 0 amide bonds. The molecule has 3 rings (SSSR count). The number of ether oxygens (including phenoxy) is 3. The number of esters is 1. The maximum Gasteiger partial charge on any atom is 0.351 e. The standard InChI is InChI=1S/C16H20O4/c1-18-16(17)15-14(11-7-3-2-4-8-11)19-12-9-5-6-10-13(12)20-15/h5-6,9-11,14-15H,2-4,7-8H2,1H3/t14-,15+/m1/s1. The van der Waals surface area contributed by atoms with E-state index in [1.54, 1.807) is 0 Å². The number of rotatable bonds is 2. The second-order valence-electron chi connectivity index (χ2n) is 5.49. The van der Waals surface area contributed by atoms with Crippen LogP contribution in [0.4, 0.5) is 0 Å². The number of methoxy groups -OCH3 is 1. The average Bonchev–Trinajstić information content (AvgIpc) is 2.53. The van der Waals surface area contributed by atoms with Crippen LogP contribution in [0.25, 0.3) is 0 Å². The predicted octanol–water partition coefficient (Wildman–Crippen LogP) is 2.95. The van der Waals surface area contributed by atoms with Gasteiger partial charge in [0.1, 0.15) is 6.10 Å². The normalized spacial score (nSPS) is 26.1. The van der Waals surface area contributed by atoms with Gasteiger partial charge in [0, 0.05) is 5.92 Å². The SMILES string of the molecule is COC(=O)[C@H]1Oc2ccccc2O[C@@H]1C1CCCCC1. The highest BCUT2D eigenvalue weighted by Gasteiger charge is 2.42. The molecule has 4 nitrogen and oxygen atoms in total. The van der Waals surface area contributed by atoms with E-state index >= 15 is 0 Å². The molecule has 1 fully saturated rings. The molecule has 20 heavy (non-hydrogen) atoms. The summed E-state index contributed by atoms with van der Waals surface area (Å²) < 4.78 is 16.8. The van der Waals surface area contributed by atoms with Crippen molar-refractivity contribution in [1.29, 1.82) is 0 Å². The molecule has 0 radical (unpaired) electrons. The molecule has 1 aromatic rings. The number of carbonyl (C=O) groups is 1. The van der Waals surface area contributed by atoms with Gasteiger partial charge in [0.2, 0.25) is 6.10 Å². The van der Waals surface area contributed by atoms with Crippen molar-refractivity contribution in [3.05, 3.63) is 24.3 Å². The summed E-state index contributed by atoms with van der Waals surface area (Å²) in [5.41, 5.74) is 0. The second kappa shape index (κ2) is 5.73. The molecule has 0 spiro atoms. The van der Waals surface area contributed by atoms with Crippen molar-refractivity contribution in [3.8, 4) is 11.5 Å². The van der Waals surface area contributed by atoms with Crippen LogP contribution in [0.3, 0.4) is 0 Å². The quantitative estimate of drug-likeness (QED) is 0.779. The molecule has 108 valence electrons. The molecule has 0 N–H and O–H groups in total. The first-order valence-electron chi connectivity index (χ1n) is 7.30. The van der Waals surface area contributed by atoms with E-state index in [1.165, 1.54) is 26.4 Å². The van der Waals surface area contributed by atoms with Crippen LogP contribution in [0.5, 0.6) is 11.5 Å². The lowest BCUT2D eigenvalue weighted by Gasteiger charge is -2.38. The molecule has 0 aromatic heterocycles. The molecule has 4 heteroatoms. The van der Waals surface area contributed by atoms with Gasteiger partial charge in [-0.15, -0.1) is 0 Å². The van der Waals surface area contributed by atoms with E-state index in [4.69, 9.17) is 14.2 Å². The highest BCUT2D eigenvalue weighted by Crippen LogP contribution is 2.39. The van der Waals surface area contributed by atoms with Crippen molar-refractivity contribution in [1.82, 2.24) is 0 Å². The van der Waals surface area contributed by atoms with Crippen LogP contribution in [0.2, 0.25) is 0 Å². The molecule has 0 unspecified atom stereocenters. The van der Waals surface area contributed by atoms with Gasteiger partial charge in [-0.3, -0.25) is 0 Å². The summed E-state index contributed by atoms with van der Waals surface area (Å²) in [7, 11) is 1.39. The van der Waals surface area contributed by atoms with E-state index in [2.05, 4.69) is 0 Å². The summed E-state index contributed by atoms with van der Waals surface area (Å²) in [4.78, 5) is 12.0. The lowest BCUT2D eigenvalue weighted by molar-refractivity contribution is -0.158.